The Morgan fingerprint density at radius 2 is 1.79 bits per heavy atom. The first-order valence-corrected chi connectivity index (χ1v) is 5.24. The molecular weight excluding hydrogens is 170 g/mol. The summed E-state index contributed by atoms with van der Waals surface area (Å²) in [5.74, 6) is 0.923. The summed E-state index contributed by atoms with van der Waals surface area (Å²) in [5, 5.41) is 0. The number of nitrogens with zero attached hydrogens (tertiary/aromatic N) is 1. The first-order chi connectivity index (χ1) is 6.65. The molecule has 1 unspecified atom stereocenters. The van der Waals surface area contributed by atoms with E-state index in [4.69, 9.17) is 0 Å². The molecule has 1 atom stereocenters. The summed E-state index contributed by atoms with van der Waals surface area (Å²) in [5.41, 5.74) is 2.34. The average molecular weight is 189 g/mol. The summed E-state index contributed by atoms with van der Waals surface area (Å²) in [6, 6.07) is 6.28. The van der Waals surface area contributed by atoms with Crippen LogP contribution in [0.15, 0.2) is 30.4 Å². The Balaban J connectivity index is 2.93. The standard InChI is InChI=1S/C13H19N/c1-5-7-11(4)13-9-6-8-12(14-13)10(2)3/h5-11H,1-4H3. The molecule has 0 fully saturated rings. The van der Waals surface area contributed by atoms with E-state index < -0.39 is 0 Å². The van der Waals surface area contributed by atoms with E-state index in [2.05, 4.69) is 56.1 Å². The van der Waals surface area contributed by atoms with Crippen LogP contribution in [-0.4, -0.2) is 4.98 Å². The molecule has 1 rings (SSSR count). The van der Waals surface area contributed by atoms with Crippen molar-refractivity contribution in [3.8, 4) is 0 Å². The number of pyridine rings is 1. The molecule has 1 aromatic heterocycles. The maximum absolute atomic E-state index is 4.64. The zero-order valence-electron chi connectivity index (χ0n) is 9.49. The largest absolute Gasteiger partial charge is 0.257 e. The van der Waals surface area contributed by atoms with Crippen molar-refractivity contribution in [1.29, 1.82) is 0 Å². The molecule has 1 heterocycles. The Hall–Kier alpha value is -1.11. The van der Waals surface area contributed by atoms with Crippen LogP contribution in [0.1, 0.15) is 50.9 Å². The second kappa shape index (κ2) is 4.94. The molecule has 0 N–H and O–H groups in total. The van der Waals surface area contributed by atoms with Crippen LogP contribution in [0.5, 0.6) is 0 Å². The molecule has 0 saturated heterocycles. The maximum Gasteiger partial charge on any atom is 0.0472 e. The second-order valence-electron chi connectivity index (χ2n) is 3.96. The van der Waals surface area contributed by atoms with E-state index in [0.29, 0.717) is 11.8 Å². The van der Waals surface area contributed by atoms with Gasteiger partial charge in [0.2, 0.25) is 0 Å². The Bertz CT molecular complexity index is 313. The smallest absolute Gasteiger partial charge is 0.0472 e. The van der Waals surface area contributed by atoms with Gasteiger partial charge in [0.05, 0.1) is 0 Å². The molecule has 0 aromatic carbocycles. The van der Waals surface area contributed by atoms with Gasteiger partial charge in [0.1, 0.15) is 0 Å². The highest BCUT2D eigenvalue weighted by Crippen LogP contribution is 2.17. The monoisotopic (exact) mass is 189 g/mol. The van der Waals surface area contributed by atoms with E-state index in [1.165, 1.54) is 5.69 Å². The highest BCUT2D eigenvalue weighted by atomic mass is 14.7. The topological polar surface area (TPSA) is 12.9 Å². The molecule has 14 heavy (non-hydrogen) atoms. The normalized spacial score (nSPS) is 13.8. The van der Waals surface area contributed by atoms with Crippen LogP contribution in [0.2, 0.25) is 0 Å². The van der Waals surface area contributed by atoms with Gasteiger partial charge in [-0.05, 0) is 25.0 Å². The van der Waals surface area contributed by atoms with Crippen LogP contribution in [0.3, 0.4) is 0 Å². The lowest BCUT2D eigenvalue weighted by Gasteiger charge is -2.09. The molecule has 0 amide bonds. The third-order valence-corrected chi connectivity index (χ3v) is 2.33. The van der Waals surface area contributed by atoms with Gasteiger partial charge in [0.25, 0.3) is 0 Å². The third kappa shape index (κ3) is 2.69. The summed E-state index contributed by atoms with van der Waals surface area (Å²) in [6.07, 6.45) is 4.25. The number of allylic oxidation sites excluding steroid dienone is 2. The van der Waals surface area contributed by atoms with Crippen molar-refractivity contribution < 1.29 is 0 Å². The average Bonchev–Trinajstić information content (AvgIpc) is 2.18. The number of hydrogen-bond donors (Lipinski definition) is 0. The minimum atomic E-state index is 0.415. The van der Waals surface area contributed by atoms with Crippen LogP contribution >= 0.6 is 0 Å². The minimum absolute atomic E-state index is 0.415. The third-order valence-electron chi connectivity index (χ3n) is 2.33. The highest BCUT2D eigenvalue weighted by Gasteiger charge is 2.05. The lowest BCUT2D eigenvalue weighted by atomic mass is 10.0. The fourth-order valence-electron chi connectivity index (χ4n) is 1.43. The first kappa shape index (κ1) is 11.0. The summed E-state index contributed by atoms with van der Waals surface area (Å²) in [7, 11) is 0. The Labute approximate surface area is 86.9 Å². The van der Waals surface area contributed by atoms with Gasteiger partial charge in [0, 0.05) is 17.3 Å². The van der Waals surface area contributed by atoms with Crippen LogP contribution < -0.4 is 0 Å². The molecule has 0 aliphatic heterocycles. The lowest BCUT2D eigenvalue weighted by molar-refractivity contribution is 0.790. The molecule has 0 spiro atoms. The molecule has 0 saturated carbocycles. The van der Waals surface area contributed by atoms with Gasteiger partial charge in [0.15, 0.2) is 0 Å². The molecular formula is C13H19N. The van der Waals surface area contributed by atoms with Crippen molar-refractivity contribution >= 4 is 0 Å². The summed E-state index contributed by atoms with van der Waals surface area (Å²) < 4.78 is 0. The van der Waals surface area contributed by atoms with Gasteiger partial charge in [-0.1, -0.05) is 39.0 Å². The van der Waals surface area contributed by atoms with Crippen LogP contribution in [0, 0.1) is 0 Å². The Morgan fingerprint density at radius 1 is 1.14 bits per heavy atom. The van der Waals surface area contributed by atoms with E-state index in [1.54, 1.807) is 0 Å². The number of hydrogen-bond acceptors (Lipinski definition) is 1. The Kier molecular flexibility index (Phi) is 3.87. The van der Waals surface area contributed by atoms with Gasteiger partial charge in [-0.3, -0.25) is 4.98 Å². The van der Waals surface area contributed by atoms with Gasteiger partial charge in [-0.25, -0.2) is 0 Å². The van der Waals surface area contributed by atoms with Crippen LogP contribution in [0.25, 0.3) is 0 Å². The molecule has 0 aliphatic carbocycles. The van der Waals surface area contributed by atoms with Gasteiger partial charge in [-0.15, -0.1) is 0 Å². The minimum Gasteiger partial charge on any atom is -0.257 e. The van der Waals surface area contributed by atoms with Crippen molar-refractivity contribution in [3.05, 3.63) is 41.7 Å². The van der Waals surface area contributed by atoms with Crippen molar-refractivity contribution in [2.45, 2.75) is 39.5 Å². The van der Waals surface area contributed by atoms with E-state index in [9.17, 15) is 0 Å². The molecule has 1 heteroatoms. The van der Waals surface area contributed by atoms with Gasteiger partial charge < -0.3 is 0 Å². The van der Waals surface area contributed by atoms with Crippen LogP contribution in [-0.2, 0) is 0 Å². The molecule has 0 bridgehead atoms. The van der Waals surface area contributed by atoms with E-state index in [1.807, 2.05) is 6.92 Å². The quantitative estimate of drug-likeness (QED) is 0.657. The van der Waals surface area contributed by atoms with E-state index in [0.717, 1.165) is 5.69 Å². The summed E-state index contributed by atoms with van der Waals surface area (Å²) in [6.45, 7) is 8.56. The lowest BCUT2D eigenvalue weighted by Crippen LogP contribution is -1.99. The molecule has 0 radical (unpaired) electrons. The van der Waals surface area contributed by atoms with Crippen molar-refractivity contribution in [2.24, 2.45) is 0 Å². The molecule has 76 valence electrons. The van der Waals surface area contributed by atoms with Crippen LogP contribution in [0.4, 0.5) is 0 Å². The van der Waals surface area contributed by atoms with E-state index in [-0.39, 0.29) is 0 Å². The zero-order valence-corrected chi connectivity index (χ0v) is 9.49. The van der Waals surface area contributed by atoms with Crippen molar-refractivity contribution in [3.63, 3.8) is 0 Å². The molecule has 0 aliphatic rings. The summed E-state index contributed by atoms with van der Waals surface area (Å²) in [4.78, 5) is 4.64. The molecule has 1 aromatic rings. The predicted molar refractivity (Wildman–Crippen MR) is 61.6 cm³/mol. The Morgan fingerprint density at radius 3 is 2.36 bits per heavy atom. The van der Waals surface area contributed by atoms with Crippen molar-refractivity contribution in [1.82, 2.24) is 4.98 Å². The van der Waals surface area contributed by atoms with Gasteiger partial charge in [-0.2, -0.15) is 0 Å². The second-order valence-corrected chi connectivity index (χ2v) is 3.96. The fraction of sp³-hybridized carbons (Fsp3) is 0.462. The fourth-order valence-corrected chi connectivity index (χ4v) is 1.43. The number of aromatic nitrogens is 1. The van der Waals surface area contributed by atoms with Crippen molar-refractivity contribution in [2.75, 3.05) is 0 Å². The maximum atomic E-state index is 4.64. The van der Waals surface area contributed by atoms with Gasteiger partial charge >= 0.3 is 0 Å². The SMILES string of the molecule is CC=CC(C)c1cccc(C(C)C)n1. The number of rotatable bonds is 3. The summed E-state index contributed by atoms with van der Waals surface area (Å²) >= 11 is 0. The zero-order chi connectivity index (χ0) is 10.6. The predicted octanol–water partition coefficient (Wildman–Crippen LogP) is 3.88. The van der Waals surface area contributed by atoms with E-state index >= 15 is 0 Å². The highest BCUT2D eigenvalue weighted by molar-refractivity contribution is 5.19. The molecule has 1 nitrogen and oxygen atoms in total. The first-order valence-electron chi connectivity index (χ1n) is 5.24.